The van der Waals surface area contributed by atoms with E-state index in [2.05, 4.69) is 0 Å². The van der Waals surface area contributed by atoms with Crippen LogP contribution >= 0.6 is 0 Å². The molecule has 0 amide bonds. The molecule has 0 saturated carbocycles. The van der Waals surface area contributed by atoms with Gasteiger partial charge in [-0.1, -0.05) is 18.2 Å². The molecule has 2 N–H and O–H groups in total. The fourth-order valence-electron chi connectivity index (χ4n) is 1.79. The second kappa shape index (κ2) is 5.23. The summed E-state index contributed by atoms with van der Waals surface area (Å²) in [6, 6.07) is 8.55. The van der Waals surface area contributed by atoms with Gasteiger partial charge in [0.1, 0.15) is 17.5 Å². The van der Waals surface area contributed by atoms with E-state index in [1.807, 2.05) is 0 Å². The number of hydrogen-bond donors (Lipinski definition) is 1. The Morgan fingerprint density at radius 1 is 0.889 bits per heavy atom. The second-order valence-corrected chi connectivity index (χ2v) is 4.10. The van der Waals surface area contributed by atoms with Gasteiger partial charge in [-0.05, 0) is 30.2 Å². The van der Waals surface area contributed by atoms with Crippen LogP contribution in [-0.2, 0) is 6.42 Å². The van der Waals surface area contributed by atoms with Crippen molar-refractivity contribution in [3.8, 4) is 0 Å². The van der Waals surface area contributed by atoms with Gasteiger partial charge in [0.2, 0.25) is 0 Å². The molecule has 0 aromatic heterocycles. The van der Waals surface area contributed by atoms with E-state index >= 15 is 0 Å². The largest absolute Gasteiger partial charge is 0.324 e. The zero-order valence-corrected chi connectivity index (χ0v) is 9.54. The van der Waals surface area contributed by atoms with E-state index in [1.165, 1.54) is 24.3 Å². The molecule has 2 rings (SSSR count). The third kappa shape index (κ3) is 2.90. The van der Waals surface area contributed by atoms with Crippen molar-refractivity contribution < 1.29 is 13.2 Å². The van der Waals surface area contributed by atoms with Crippen LogP contribution in [0.1, 0.15) is 17.2 Å². The molecule has 0 spiro atoms. The van der Waals surface area contributed by atoms with Crippen LogP contribution in [0.4, 0.5) is 13.2 Å². The molecule has 0 aliphatic rings. The topological polar surface area (TPSA) is 26.0 Å². The SMILES string of the molecule is NC(Cc1ccc(F)cc1)c1ccc(F)cc1F. The monoisotopic (exact) mass is 251 g/mol. The van der Waals surface area contributed by atoms with Crippen molar-refractivity contribution in [1.29, 1.82) is 0 Å². The zero-order chi connectivity index (χ0) is 13.1. The summed E-state index contributed by atoms with van der Waals surface area (Å²) in [5.41, 5.74) is 6.91. The van der Waals surface area contributed by atoms with Crippen molar-refractivity contribution in [2.75, 3.05) is 0 Å². The molecule has 18 heavy (non-hydrogen) atoms. The summed E-state index contributed by atoms with van der Waals surface area (Å²) >= 11 is 0. The lowest BCUT2D eigenvalue weighted by molar-refractivity contribution is 0.554. The first kappa shape index (κ1) is 12.6. The van der Waals surface area contributed by atoms with Gasteiger partial charge in [-0.3, -0.25) is 0 Å². The third-order valence-corrected chi connectivity index (χ3v) is 2.73. The molecule has 0 radical (unpaired) electrons. The molecule has 4 heteroatoms. The molecule has 1 nitrogen and oxygen atoms in total. The van der Waals surface area contributed by atoms with Gasteiger partial charge in [-0.25, -0.2) is 13.2 Å². The normalized spacial score (nSPS) is 12.4. The van der Waals surface area contributed by atoms with Gasteiger partial charge in [0, 0.05) is 17.7 Å². The number of rotatable bonds is 3. The molecular formula is C14H12F3N. The maximum atomic E-state index is 13.5. The highest BCUT2D eigenvalue weighted by atomic mass is 19.1. The van der Waals surface area contributed by atoms with Crippen molar-refractivity contribution in [1.82, 2.24) is 0 Å². The molecule has 0 aliphatic carbocycles. The van der Waals surface area contributed by atoms with Crippen LogP contribution < -0.4 is 5.73 Å². The molecule has 0 aliphatic heterocycles. The predicted molar refractivity (Wildman–Crippen MR) is 63.4 cm³/mol. The molecule has 0 bridgehead atoms. The minimum absolute atomic E-state index is 0.251. The molecular weight excluding hydrogens is 239 g/mol. The Kier molecular flexibility index (Phi) is 3.67. The molecule has 2 aromatic rings. The maximum Gasteiger partial charge on any atom is 0.130 e. The highest BCUT2D eigenvalue weighted by molar-refractivity contribution is 5.25. The van der Waals surface area contributed by atoms with Gasteiger partial charge in [0.05, 0.1) is 0 Å². The smallest absolute Gasteiger partial charge is 0.130 e. The van der Waals surface area contributed by atoms with E-state index in [4.69, 9.17) is 5.73 Å². The van der Waals surface area contributed by atoms with Gasteiger partial charge in [-0.15, -0.1) is 0 Å². The van der Waals surface area contributed by atoms with Gasteiger partial charge in [0.15, 0.2) is 0 Å². The summed E-state index contributed by atoms with van der Waals surface area (Å²) < 4.78 is 39.0. The molecule has 1 unspecified atom stereocenters. The average Bonchev–Trinajstić information content (AvgIpc) is 2.32. The Labute approximate surface area is 103 Å². The third-order valence-electron chi connectivity index (χ3n) is 2.73. The van der Waals surface area contributed by atoms with E-state index in [0.29, 0.717) is 6.42 Å². The first-order valence-corrected chi connectivity index (χ1v) is 5.51. The fraction of sp³-hybridized carbons (Fsp3) is 0.143. The first-order chi connectivity index (χ1) is 8.56. The van der Waals surface area contributed by atoms with Crippen molar-refractivity contribution in [2.24, 2.45) is 5.73 Å². The van der Waals surface area contributed by atoms with Crippen LogP contribution in [0.2, 0.25) is 0 Å². The minimum Gasteiger partial charge on any atom is -0.324 e. The Morgan fingerprint density at radius 3 is 2.11 bits per heavy atom. The van der Waals surface area contributed by atoms with Gasteiger partial charge >= 0.3 is 0 Å². The summed E-state index contributed by atoms with van der Waals surface area (Å²) in [6.07, 6.45) is 0.364. The molecule has 0 saturated heterocycles. The van der Waals surface area contributed by atoms with E-state index in [1.54, 1.807) is 12.1 Å². The quantitative estimate of drug-likeness (QED) is 0.889. The van der Waals surface area contributed by atoms with Crippen molar-refractivity contribution in [2.45, 2.75) is 12.5 Å². The summed E-state index contributed by atoms with van der Waals surface area (Å²) in [5, 5.41) is 0. The van der Waals surface area contributed by atoms with Crippen molar-refractivity contribution >= 4 is 0 Å². The van der Waals surface area contributed by atoms with Crippen LogP contribution in [-0.4, -0.2) is 0 Å². The Hall–Kier alpha value is -1.81. The van der Waals surface area contributed by atoms with Crippen LogP contribution in [0.3, 0.4) is 0 Å². The summed E-state index contributed by atoms with van der Waals surface area (Å²) in [4.78, 5) is 0. The Bertz CT molecular complexity index is 537. The van der Waals surface area contributed by atoms with Gasteiger partial charge < -0.3 is 5.73 Å². The number of nitrogens with two attached hydrogens (primary N) is 1. The maximum absolute atomic E-state index is 13.5. The molecule has 94 valence electrons. The number of hydrogen-bond acceptors (Lipinski definition) is 1. The summed E-state index contributed by atoms with van der Waals surface area (Å²) in [5.74, 6) is -1.63. The van der Waals surface area contributed by atoms with Crippen molar-refractivity contribution in [3.05, 3.63) is 71.0 Å². The highest BCUT2D eigenvalue weighted by Gasteiger charge is 2.12. The predicted octanol–water partition coefficient (Wildman–Crippen LogP) is 3.35. The zero-order valence-electron chi connectivity index (χ0n) is 9.54. The molecule has 0 fully saturated rings. The van der Waals surface area contributed by atoms with Crippen molar-refractivity contribution in [3.63, 3.8) is 0 Å². The lowest BCUT2D eigenvalue weighted by atomic mass is 9.99. The highest BCUT2D eigenvalue weighted by Crippen LogP contribution is 2.20. The van der Waals surface area contributed by atoms with E-state index in [-0.39, 0.29) is 11.4 Å². The standard InChI is InChI=1S/C14H12F3N/c15-10-3-1-9(2-4-10)7-14(18)12-6-5-11(16)8-13(12)17/h1-6,8,14H,7,18H2. The molecule has 1 atom stereocenters. The second-order valence-electron chi connectivity index (χ2n) is 4.10. The van der Waals surface area contributed by atoms with Crippen LogP contribution in [0.15, 0.2) is 42.5 Å². The fourth-order valence-corrected chi connectivity index (χ4v) is 1.79. The van der Waals surface area contributed by atoms with E-state index < -0.39 is 17.7 Å². The molecule has 2 aromatic carbocycles. The number of benzene rings is 2. The van der Waals surface area contributed by atoms with E-state index in [9.17, 15) is 13.2 Å². The lowest BCUT2D eigenvalue weighted by Crippen LogP contribution is -2.15. The summed E-state index contributed by atoms with van der Waals surface area (Å²) in [7, 11) is 0. The van der Waals surface area contributed by atoms with Crippen LogP contribution in [0, 0.1) is 17.5 Å². The van der Waals surface area contributed by atoms with Crippen LogP contribution in [0.5, 0.6) is 0 Å². The Morgan fingerprint density at radius 2 is 1.50 bits per heavy atom. The average molecular weight is 251 g/mol. The minimum atomic E-state index is -0.662. The van der Waals surface area contributed by atoms with Gasteiger partial charge in [0.25, 0.3) is 0 Å². The summed E-state index contributed by atoms with van der Waals surface area (Å²) in [6.45, 7) is 0. The number of halogens is 3. The van der Waals surface area contributed by atoms with Gasteiger partial charge in [-0.2, -0.15) is 0 Å². The first-order valence-electron chi connectivity index (χ1n) is 5.51. The lowest BCUT2D eigenvalue weighted by Gasteiger charge is -2.13. The molecule has 0 heterocycles. The van der Waals surface area contributed by atoms with Crippen LogP contribution in [0.25, 0.3) is 0 Å². The van der Waals surface area contributed by atoms with E-state index in [0.717, 1.165) is 11.6 Å². The Balaban J connectivity index is 2.16.